The summed E-state index contributed by atoms with van der Waals surface area (Å²) in [6.07, 6.45) is 6.43. The van der Waals surface area contributed by atoms with Crippen LogP contribution in [0.5, 0.6) is 0 Å². The molecule has 0 N–H and O–H groups in total. The number of hydrogen-bond donors (Lipinski definition) is 0. The lowest BCUT2D eigenvalue weighted by atomic mass is 10.2. The Labute approximate surface area is 62.8 Å². The molecule has 0 rings (SSSR count). The molecule has 0 aliphatic rings. The first kappa shape index (κ1) is 9.66. The quantitative estimate of drug-likeness (QED) is 0.335. The minimum atomic E-state index is 0.196. The Morgan fingerprint density at radius 1 is 1.50 bits per heavy atom. The largest absolute Gasteiger partial charge is 0.240 e. The van der Waals surface area contributed by atoms with Gasteiger partial charge < -0.3 is 0 Å². The Balaban J connectivity index is 3.12. The topological polar surface area (TPSA) is 18.5 Å². The summed E-state index contributed by atoms with van der Waals surface area (Å²) in [6, 6.07) is 0. The minimum Gasteiger partial charge on any atom is -0.240 e. The molecule has 60 valence electrons. The summed E-state index contributed by atoms with van der Waals surface area (Å²) in [5, 5.41) is 0. The van der Waals surface area contributed by atoms with Gasteiger partial charge in [-0.25, -0.2) is 9.78 Å². The SMILES string of the molecule is CC=CCCC(C)OOC. The summed E-state index contributed by atoms with van der Waals surface area (Å²) in [4.78, 5) is 9.36. The third-order valence-electron chi connectivity index (χ3n) is 1.24. The van der Waals surface area contributed by atoms with Gasteiger partial charge in [0.1, 0.15) is 0 Å². The molecule has 0 saturated carbocycles. The number of allylic oxidation sites excluding steroid dienone is 2. The molecule has 0 fully saturated rings. The molecule has 0 spiro atoms. The molecule has 0 bridgehead atoms. The van der Waals surface area contributed by atoms with E-state index in [0.29, 0.717) is 0 Å². The van der Waals surface area contributed by atoms with Crippen molar-refractivity contribution in [3.8, 4) is 0 Å². The van der Waals surface area contributed by atoms with E-state index < -0.39 is 0 Å². The maximum atomic E-state index is 4.85. The molecule has 0 aromatic carbocycles. The van der Waals surface area contributed by atoms with Crippen LogP contribution in [0.2, 0.25) is 0 Å². The average Bonchev–Trinajstić information content (AvgIpc) is 1.89. The van der Waals surface area contributed by atoms with Crippen molar-refractivity contribution < 1.29 is 9.78 Å². The molecular weight excluding hydrogens is 128 g/mol. The van der Waals surface area contributed by atoms with Gasteiger partial charge in [0.15, 0.2) is 0 Å². The Bertz CT molecular complexity index is 89.3. The number of rotatable bonds is 5. The highest BCUT2D eigenvalue weighted by Crippen LogP contribution is 2.01. The van der Waals surface area contributed by atoms with Gasteiger partial charge >= 0.3 is 0 Å². The maximum Gasteiger partial charge on any atom is 0.0904 e. The third-order valence-corrected chi connectivity index (χ3v) is 1.24. The second-order valence-electron chi connectivity index (χ2n) is 2.22. The van der Waals surface area contributed by atoms with E-state index in [1.165, 1.54) is 7.11 Å². The first-order chi connectivity index (χ1) is 4.81. The molecule has 0 aliphatic heterocycles. The minimum absolute atomic E-state index is 0.196. The van der Waals surface area contributed by atoms with Crippen LogP contribution in [-0.4, -0.2) is 13.2 Å². The van der Waals surface area contributed by atoms with E-state index in [9.17, 15) is 0 Å². The monoisotopic (exact) mass is 144 g/mol. The maximum absolute atomic E-state index is 4.85. The van der Waals surface area contributed by atoms with Crippen molar-refractivity contribution in [3.05, 3.63) is 12.2 Å². The van der Waals surface area contributed by atoms with Gasteiger partial charge in [0.2, 0.25) is 0 Å². The van der Waals surface area contributed by atoms with E-state index >= 15 is 0 Å². The molecule has 1 atom stereocenters. The van der Waals surface area contributed by atoms with E-state index in [1.807, 2.05) is 19.9 Å². The molecule has 0 aromatic rings. The van der Waals surface area contributed by atoms with Crippen LogP contribution in [0.1, 0.15) is 26.7 Å². The summed E-state index contributed by atoms with van der Waals surface area (Å²) in [5.41, 5.74) is 0. The van der Waals surface area contributed by atoms with Gasteiger partial charge in [0, 0.05) is 0 Å². The van der Waals surface area contributed by atoms with E-state index in [0.717, 1.165) is 12.8 Å². The second-order valence-corrected chi connectivity index (χ2v) is 2.22. The molecule has 0 saturated heterocycles. The first-order valence-electron chi connectivity index (χ1n) is 3.62. The van der Waals surface area contributed by atoms with Crippen LogP contribution < -0.4 is 0 Å². The second kappa shape index (κ2) is 6.78. The lowest BCUT2D eigenvalue weighted by Crippen LogP contribution is -2.05. The first-order valence-corrected chi connectivity index (χ1v) is 3.62. The van der Waals surface area contributed by atoms with Crippen molar-refractivity contribution in [2.24, 2.45) is 0 Å². The molecule has 0 aliphatic carbocycles. The lowest BCUT2D eigenvalue weighted by Gasteiger charge is -2.06. The highest BCUT2D eigenvalue weighted by Gasteiger charge is 1.98. The van der Waals surface area contributed by atoms with Crippen LogP contribution in [0, 0.1) is 0 Å². The van der Waals surface area contributed by atoms with Crippen LogP contribution in [0.4, 0.5) is 0 Å². The molecular formula is C8H16O2. The fourth-order valence-electron chi connectivity index (χ4n) is 0.710. The van der Waals surface area contributed by atoms with E-state index in [2.05, 4.69) is 11.0 Å². The Morgan fingerprint density at radius 2 is 2.20 bits per heavy atom. The van der Waals surface area contributed by atoms with Crippen molar-refractivity contribution in [2.75, 3.05) is 7.11 Å². The summed E-state index contributed by atoms with van der Waals surface area (Å²) >= 11 is 0. The van der Waals surface area contributed by atoms with Crippen LogP contribution >= 0.6 is 0 Å². The van der Waals surface area contributed by atoms with Crippen molar-refractivity contribution in [1.82, 2.24) is 0 Å². The summed E-state index contributed by atoms with van der Waals surface area (Å²) in [6.45, 7) is 4.01. The van der Waals surface area contributed by atoms with Crippen molar-refractivity contribution in [1.29, 1.82) is 0 Å². The molecule has 0 heterocycles. The Hall–Kier alpha value is -0.340. The predicted molar refractivity (Wildman–Crippen MR) is 41.6 cm³/mol. The number of hydrogen-bond acceptors (Lipinski definition) is 2. The zero-order valence-corrected chi connectivity index (χ0v) is 6.96. The van der Waals surface area contributed by atoms with Gasteiger partial charge in [-0.15, -0.1) is 0 Å². The van der Waals surface area contributed by atoms with Gasteiger partial charge in [-0.05, 0) is 26.7 Å². The molecule has 1 unspecified atom stereocenters. The molecule has 0 aromatic heterocycles. The van der Waals surface area contributed by atoms with Gasteiger partial charge in [0.25, 0.3) is 0 Å². The highest BCUT2D eigenvalue weighted by atomic mass is 17.2. The lowest BCUT2D eigenvalue weighted by molar-refractivity contribution is -0.301. The van der Waals surface area contributed by atoms with Crippen molar-refractivity contribution in [3.63, 3.8) is 0 Å². The Kier molecular flexibility index (Phi) is 6.55. The zero-order chi connectivity index (χ0) is 7.82. The van der Waals surface area contributed by atoms with E-state index in [4.69, 9.17) is 4.89 Å². The van der Waals surface area contributed by atoms with Crippen molar-refractivity contribution in [2.45, 2.75) is 32.8 Å². The summed E-state index contributed by atoms with van der Waals surface area (Å²) in [5.74, 6) is 0. The van der Waals surface area contributed by atoms with Crippen LogP contribution in [0.25, 0.3) is 0 Å². The molecule has 0 amide bonds. The van der Waals surface area contributed by atoms with Gasteiger partial charge in [-0.2, -0.15) is 0 Å². The van der Waals surface area contributed by atoms with E-state index in [1.54, 1.807) is 0 Å². The van der Waals surface area contributed by atoms with Crippen molar-refractivity contribution >= 4 is 0 Å². The summed E-state index contributed by atoms with van der Waals surface area (Å²) in [7, 11) is 1.53. The van der Waals surface area contributed by atoms with Gasteiger partial charge in [-0.1, -0.05) is 12.2 Å². The fourth-order valence-corrected chi connectivity index (χ4v) is 0.710. The van der Waals surface area contributed by atoms with Gasteiger partial charge in [-0.3, -0.25) is 0 Å². The van der Waals surface area contributed by atoms with Crippen LogP contribution in [0.15, 0.2) is 12.2 Å². The van der Waals surface area contributed by atoms with Gasteiger partial charge in [0.05, 0.1) is 13.2 Å². The smallest absolute Gasteiger partial charge is 0.0904 e. The molecule has 10 heavy (non-hydrogen) atoms. The Morgan fingerprint density at radius 3 is 2.70 bits per heavy atom. The highest BCUT2D eigenvalue weighted by molar-refractivity contribution is 4.77. The summed E-state index contributed by atoms with van der Waals surface area (Å²) < 4.78 is 0. The zero-order valence-electron chi connectivity index (χ0n) is 6.96. The molecule has 2 heteroatoms. The normalized spacial score (nSPS) is 14.3. The van der Waals surface area contributed by atoms with Crippen LogP contribution in [0.3, 0.4) is 0 Å². The van der Waals surface area contributed by atoms with Crippen LogP contribution in [-0.2, 0) is 9.78 Å². The van der Waals surface area contributed by atoms with E-state index in [-0.39, 0.29) is 6.10 Å². The fraction of sp³-hybridized carbons (Fsp3) is 0.750. The molecule has 0 radical (unpaired) electrons. The average molecular weight is 144 g/mol. The third kappa shape index (κ3) is 5.79. The predicted octanol–water partition coefficient (Wildman–Crippen LogP) is 2.31. The molecule has 2 nitrogen and oxygen atoms in total. The standard InChI is InChI=1S/C8H16O2/c1-4-5-6-7-8(2)10-9-3/h4-5,8H,6-7H2,1-3H3.